The van der Waals surface area contributed by atoms with Crippen LogP contribution in [0.15, 0.2) is 35.4 Å². The lowest BCUT2D eigenvalue weighted by molar-refractivity contribution is 0.449. The summed E-state index contributed by atoms with van der Waals surface area (Å²) in [6.07, 6.45) is 1.03. The molecule has 0 bridgehead atoms. The van der Waals surface area contributed by atoms with Crippen molar-refractivity contribution in [2.24, 2.45) is 5.73 Å². The van der Waals surface area contributed by atoms with Gasteiger partial charge in [0.05, 0.1) is 11.4 Å². The highest BCUT2D eigenvalue weighted by atomic mass is 32.2. The summed E-state index contributed by atoms with van der Waals surface area (Å²) in [5, 5.41) is 0. The summed E-state index contributed by atoms with van der Waals surface area (Å²) in [4.78, 5) is 3.53. The topological polar surface area (TPSA) is 85.1 Å². The fourth-order valence-electron chi connectivity index (χ4n) is 1.50. The standard InChI is InChI=1S/C12H10F3N3O2S/c13-9-3-4-10(12(15)11(9)14)18-21(19,20)8-2-1-7(5-16)17-6-8/h1-4,6,18H,5,16H2. The van der Waals surface area contributed by atoms with E-state index in [4.69, 9.17) is 5.73 Å². The minimum atomic E-state index is -4.17. The van der Waals surface area contributed by atoms with Crippen molar-refractivity contribution in [2.75, 3.05) is 4.72 Å². The zero-order valence-electron chi connectivity index (χ0n) is 10.5. The summed E-state index contributed by atoms with van der Waals surface area (Å²) in [5.74, 6) is -4.79. The molecule has 0 unspecified atom stereocenters. The van der Waals surface area contributed by atoms with Crippen molar-refractivity contribution in [2.45, 2.75) is 11.4 Å². The molecule has 0 radical (unpaired) electrons. The van der Waals surface area contributed by atoms with Crippen LogP contribution >= 0.6 is 0 Å². The summed E-state index contributed by atoms with van der Waals surface area (Å²) in [5.41, 5.74) is 5.10. The van der Waals surface area contributed by atoms with Crippen LogP contribution in [-0.4, -0.2) is 13.4 Å². The number of aromatic nitrogens is 1. The lowest BCUT2D eigenvalue weighted by Crippen LogP contribution is -2.15. The number of sulfonamides is 1. The molecule has 9 heteroatoms. The number of hydrogen-bond donors (Lipinski definition) is 2. The molecule has 0 aliphatic rings. The van der Waals surface area contributed by atoms with Gasteiger partial charge in [0.15, 0.2) is 17.5 Å². The van der Waals surface area contributed by atoms with E-state index >= 15 is 0 Å². The number of rotatable bonds is 4. The minimum Gasteiger partial charge on any atom is -0.325 e. The predicted molar refractivity (Wildman–Crippen MR) is 69.3 cm³/mol. The Morgan fingerprint density at radius 1 is 1.10 bits per heavy atom. The van der Waals surface area contributed by atoms with Gasteiger partial charge in [-0.05, 0) is 24.3 Å². The van der Waals surface area contributed by atoms with Crippen LogP contribution in [0, 0.1) is 17.5 Å². The molecule has 2 rings (SSSR count). The summed E-state index contributed by atoms with van der Waals surface area (Å²) in [6, 6.07) is 4.00. The van der Waals surface area contributed by atoms with Gasteiger partial charge in [-0.3, -0.25) is 9.71 Å². The summed E-state index contributed by atoms with van der Waals surface area (Å²) < 4.78 is 65.1. The van der Waals surface area contributed by atoms with Gasteiger partial charge in [-0.25, -0.2) is 21.6 Å². The zero-order chi connectivity index (χ0) is 15.6. The molecule has 5 nitrogen and oxygen atoms in total. The summed E-state index contributed by atoms with van der Waals surface area (Å²) in [7, 11) is -4.17. The van der Waals surface area contributed by atoms with Crippen LogP contribution in [-0.2, 0) is 16.6 Å². The Labute approximate surface area is 118 Å². The number of pyridine rings is 1. The predicted octanol–water partition coefficient (Wildman–Crippen LogP) is 1.76. The first-order chi connectivity index (χ1) is 9.85. The van der Waals surface area contributed by atoms with Crippen LogP contribution in [0.4, 0.5) is 18.9 Å². The van der Waals surface area contributed by atoms with Crippen molar-refractivity contribution in [1.82, 2.24) is 4.98 Å². The van der Waals surface area contributed by atoms with E-state index in [-0.39, 0.29) is 11.4 Å². The minimum absolute atomic E-state index is 0.131. The molecule has 112 valence electrons. The van der Waals surface area contributed by atoms with Gasteiger partial charge < -0.3 is 5.73 Å². The maximum absolute atomic E-state index is 13.5. The van der Waals surface area contributed by atoms with Crippen LogP contribution in [0.25, 0.3) is 0 Å². The largest absolute Gasteiger partial charge is 0.325 e. The monoisotopic (exact) mass is 317 g/mol. The molecule has 0 saturated heterocycles. The molecule has 3 N–H and O–H groups in total. The third kappa shape index (κ3) is 3.14. The number of nitrogens with one attached hydrogen (secondary N) is 1. The molecule has 0 saturated carbocycles. The second kappa shape index (κ2) is 5.70. The maximum atomic E-state index is 13.5. The molecule has 0 aliphatic carbocycles. The Morgan fingerprint density at radius 3 is 2.38 bits per heavy atom. The third-order valence-corrected chi connectivity index (χ3v) is 3.95. The molecular weight excluding hydrogens is 307 g/mol. The average molecular weight is 317 g/mol. The number of nitrogens with zero attached hydrogens (tertiary/aromatic N) is 1. The van der Waals surface area contributed by atoms with Gasteiger partial charge >= 0.3 is 0 Å². The zero-order valence-corrected chi connectivity index (χ0v) is 11.3. The summed E-state index contributed by atoms with van der Waals surface area (Å²) >= 11 is 0. The van der Waals surface area contributed by atoms with Gasteiger partial charge in [0, 0.05) is 12.7 Å². The quantitative estimate of drug-likeness (QED) is 0.842. The molecule has 21 heavy (non-hydrogen) atoms. The molecule has 2 aromatic rings. The second-order valence-electron chi connectivity index (χ2n) is 4.02. The molecule has 0 fully saturated rings. The average Bonchev–Trinajstić information content (AvgIpc) is 2.48. The van der Waals surface area contributed by atoms with Gasteiger partial charge in [0.25, 0.3) is 10.0 Å². The number of benzene rings is 1. The highest BCUT2D eigenvalue weighted by Gasteiger charge is 2.20. The van der Waals surface area contributed by atoms with E-state index in [1.54, 1.807) is 0 Å². The highest BCUT2D eigenvalue weighted by Crippen LogP contribution is 2.22. The van der Waals surface area contributed by atoms with Gasteiger partial charge in [-0.2, -0.15) is 0 Å². The lowest BCUT2D eigenvalue weighted by Gasteiger charge is -2.09. The Balaban J connectivity index is 2.35. The van der Waals surface area contributed by atoms with Crippen molar-refractivity contribution in [3.05, 3.63) is 53.6 Å². The van der Waals surface area contributed by atoms with E-state index in [1.165, 1.54) is 12.1 Å². The van der Waals surface area contributed by atoms with Gasteiger partial charge in [-0.15, -0.1) is 0 Å². The van der Waals surface area contributed by atoms with Crippen LogP contribution in [0.3, 0.4) is 0 Å². The molecule has 0 atom stereocenters. The van der Waals surface area contributed by atoms with Crippen LogP contribution < -0.4 is 10.5 Å². The first-order valence-electron chi connectivity index (χ1n) is 5.66. The number of halogens is 3. The number of hydrogen-bond acceptors (Lipinski definition) is 4. The number of anilines is 1. The van der Waals surface area contributed by atoms with Crippen molar-refractivity contribution in [1.29, 1.82) is 0 Å². The molecule has 0 aliphatic heterocycles. The van der Waals surface area contributed by atoms with E-state index in [2.05, 4.69) is 4.98 Å². The van der Waals surface area contributed by atoms with Crippen molar-refractivity contribution in [3.8, 4) is 0 Å². The smallest absolute Gasteiger partial charge is 0.263 e. The SMILES string of the molecule is NCc1ccc(S(=O)(=O)Nc2ccc(F)c(F)c2F)cn1. The van der Waals surface area contributed by atoms with Crippen LogP contribution in [0.1, 0.15) is 5.69 Å². The summed E-state index contributed by atoms with van der Waals surface area (Å²) in [6.45, 7) is 0.131. The Bertz CT molecular complexity index is 764. The van der Waals surface area contributed by atoms with E-state index < -0.39 is 33.2 Å². The van der Waals surface area contributed by atoms with Crippen LogP contribution in [0.5, 0.6) is 0 Å². The highest BCUT2D eigenvalue weighted by molar-refractivity contribution is 7.92. The Kier molecular flexibility index (Phi) is 4.14. The Hall–Kier alpha value is -2.13. The Morgan fingerprint density at radius 2 is 1.81 bits per heavy atom. The van der Waals surface area contributed by atoms with Crippen molar-refractivity contribution >= 4 is 15.7 Å². The van der Waals surface area contributed by atoms with Crippen molar-refractivity contribution in [3.63, 3.8) is 0 Å². The van der Waals surface area contributed by atoms with Gasteiger partial charge in [-0.1, -0.05) is 0 Å². The molecule has 0 amide bonds. The van der Waals surface area contributed by atoms with E-state index in [0.29, 0.717) is 11.8 Å². The fourth-order valence-corrected chi connectivity index (χ4v) is 2.50. The first kappa shape index (κ1) is 15.3. The molecule has 1 aromatic heterocycles. The molecule has 1 aromatic carbocycles. The lowest BCUT2D eigenvalue weighted by atomic mass is 10.3. The fraction of sp³-hybridized carbons (Fsp3) is 0.0833. The number of nitrogens with two attached hydrogens (primary N) is 1. The first-order valence-corrected chi connectivity index (χ1v) is 7.15. The molecule has 0 spiro atoms. The van der Waals surface area contributed by atoms with Gasteiger partial charge in [0.2, 0.25) is 0 Å². The van der Waals surface area contributed by atoms with Gasteiger partial charge in [0.1, 0.15) is 4.90 Å². The van der Waals surface area contributed by atoms with E-state index in [9.17, 15) is 21.6 Å². The second-order valence-corrected chi connectivity index (χ2v) is 5.70. The maximum Gasteiger partial charge on any atom is 0.263 e. The molecular formula is C12H10F3N3O2S. The van der Waals surface area contributed by atoms with Crippen LogP contribution in [0.2, 0.25) is 0 Å². The third-order valence-electron chi connectivity index (χ3n) is 2.60. The van der Waals surface area contributed by atoms with E-state index in [1.807, 2.05) is 4.72 Å². The normalized spacial score (nSPS) is 11.4. The molecule has 1 heterocycles. The van der Waals surface area contributed by atoms with E-state index in [0.717, 1.165) is 12.3 Å². The van der Waals surface area contributed by atoms with Crippen molar-refractivity contribution < 1.29 is 21.6 Å².